The zero-order chi connectivity index (χ0) is 10.0. The molecule has 0 fully saturated rings. The van der Waals surface area contributed by atoms with Gasteiger partial charge in [-0.3, -0.25) is 0 Å². The normalized spacial score (nSPS) is 19.4. The first-order chi connectivity index (χ1) is 6.02. The van der Waals surface area contributed by atoms with E-state index in [9.17, 15) is 0 Å². The van der Waals surface area contributed by atoms with E-state index in [0.29, 0.717) is 0 Å². The Balaban J connectivity index is 2.91. The van der Waals surface area contributed by atoms with Crippen LogP contribution in [0, 0.1) is 0 Å². The number of rotatable bonds is 1. The highest BCUT2D eigenvalue weighted by Crippen LogP contribution is 2.12. The number of allylic oxidation sites excluding steroid dienone is 1. The van der Waals surface area contributed by atoms with E-state index < -0.39 is 0 Å². The molecule has 3 nitrogen and oxygen atoms in total. The highest BCUT2D eigenvalue weighted by Gasteiger charge is 2.18. The van der Waals surface area contributed by atoms with Gasteiger partial charge in [0.2, 0.25) is 0 Å². The molecule has 0 amide bonds. The van der Waals surface area contributed by atoms with Gasteiger partial charge < -0.3 is 4.90 Å². The second-order valence-corrected chi connectivity index (χ2v) is 3.32. The van der Waals surface area contributed by atoms with Gasteiger partial charge in [-0.15, -0.1) is 0 Å². The third-order valence-corrected chi connectivity index (χ3v) is 1.80. The summed E-state index contributed by atoms with van der Waals surface area (Å²) in [6.45, 7) is 9.78. The molecule has 1 aliphatic heterocycles. The first-order valence-electron chi connectivity index (χ1n) is 4.22. The molecular formula is C10H15N3. The maximum Gasteiger partial charge on any atom is 0.159 e. The molecule has 13 heavy (non-hydrogen) atoms. The fourth-order valence-corrected chi connectivity index (χ4v) is 1.02. The van der Waals surface area contributed by atoms with Gasteiger partial charge in [0.25, 0.3) is 0 Å². The predicted octanol–water partition coefficient (Wildman–Crippen LogP) is 2.19. The highest BCUT2D eigenvalue weighted by molar-refractivity contribution is 6.13. The van der Waals surface area contributed by atoms with Crippen LogP contribution in [0.2, 0.25) is 0 Å². The molecule has 1 rings (SSSR count). The summed E-state index contributed by atoms with van der Waals surface area (Å²) in [5.74, 6) is 1.77. The quantitative estimate of drug-likeness (QED) is 0.603. The van der Waals surface area contributed by atoms with Gasteiger partial charge in [-0.1, -0.05) is 12.2 Å². The summed E-state index contributed by atoms with van der Waals surface area (Å²) in [7, 11) is 1.94. The molecular weight excluding hydrogens is 162 g/mol. The van der Waals surface area contributed by atoms with Gasteiger partial charge in [0.1, 0.15) is 11.5 Å². The zero-order valence-electron chi connectivity index (χ0n) is 8.63. The number of hydrogen-bond donors (Lipinski definition) is 0. The van der Waals surface area contributed by atoms with Crippen LogP contribution in [0.3, 0.4) is 0 Å². The van der Waals surface area contributed by atoms with Crippen molar-refractivity contribution >= 4 is 11.7 Å². The summed E-state index contributed by atoms with van der Waals surface area (Å²) in [5, 5.41) is 0. The topological polar surface area (TPSA) is 28.0 Å². The van der Waals surface area contributed by atoms with Crippen LogP contribution >= 0.6 is 0 Å². The Labute approximate surface area is 79.2 Å². The van der Waals surface area contributed by atoms with Crippen molar-refractivity contribution < 1.29 is 0 Å². The summed E-state index contributed by atoms with van der Waals surface area (Å²) >= 11 is 0. The molecule has 0 aliphatic carbocycles. The van der Waals surface area contributed by atoms with Crippen LogP contribution in [0.15, 0.2) is 34.0 Å². The van der Waals surface area contributed by atoms with Crippen molar-refractivity contribution in [3.8, 4) is 0 Å². The van der Waals surface area contributed by atoms with Gasteiger partial charge >= 0.3 is 0 Å². The van der Waals surface area contributed by atoms with Crippen LogP contribution < -0.4 is 0 Å². The average Bonchev–Trinajstić information content (AvgIpc) is 2.24. The molecule has 0 aromatic heterocycles. The highest BCUT2D eigenvalue weighted by atomic mass is 15.3. The lowest BCUT2D eigenvalue weighted by Gasteiger charge is -2.10. The van der Waals surface area contributed by atoms with Gasteiger partial charge in [0, 0.05) is 13.2 Å². The first kappa shape index (κ1) is 9.71. The molecule has 0 bridgehead atoms. The summed E-state index contributed by atoms with van der Waals surface area (Å²) in [4.78, 5) is 10.5. The number of likely N-dealkylation sites (N-methyl/N-ethyl adjacent to an activating group) is 1. The van der Waals surface area contributed by atoms with Crippen molar-refractivity contribution in [1.29, 1.82) is 0 Å². The largest absolute Gasteiger partial charge is 0.316 e. The predicted molar refractivity (Wildman–Crippen MR) is 56.9 cm³/mol. The smallest absolute Gasteiger partial charge is 0.159 e. The minimum atomic E-state index is 0.734. The van der Waals surface area contributed by atoms with Crippen molar-refractivity contribution in [2.75, 3.05) is 7.05 Å². The Morgan fingerprint density at radius 1 is 1.54 bits per heavy atom. The van der Waals surface area contributed by atoms with Crippen LogP contribution in [-0.4, -0.2) is 23.6 Å². The molecule has 0 unspecified atom stereocenters. The van der Waals surface area contributed by atoms with Crippen molar-refractivity contribution in [2.24, 2.45) is 9.98 Å². The van der Waals surface area contributed by atoms with Crippen molar-refractivity contribution in [1.82, 2.24) is 4.90 Å². The Kier molecular flexibility index (Phi) is 2.66. The fraction of sp³-hybridized carbons (Fsp3) is 0.400. The van der Waals surface area contributed by atoms with Crippen LogP contribution in [0.5, 0.6) is 0 Å². The maximum absolute atomic E-state index is 4.30. The molecule has 1 aliphatic rings. The van der Waals surface area contributed by atoms with E-state index in [-0.39, 0.29) is 0 Å². The number of amidine groups is 2. The van der Waals surface area contributed by atoms with E-state index in [1.165, 1.54) is 5.57 Å². The SMILES string of the molecule is C=C1N=C(C)N(C)C1=NC=C(C)C. The summed E-state index contributed by atoms with van der Waals surface area (Å²) < 4.78 is 0. The number of hydrogen-bond acceptors (Lipinski definition) is 2. The van der Waals surface area contributed by atoms with Gasteiger partial charge in [-0.05, 0) is 20.8 Å². The standard InChI is InChI=1S/C10H15N3/c1-7(2)6-11-10-8(3)12-9(4)13(10)5/h6H,3H2,1-2,4-5H3. The van der Waals surface area contributed by atoms with Gasteiger partial charge in [-0.2, -0.15) is 0 Å². The molecule has 0 aromatic rings. The lowest BCUT2D eigenvalue weighted by atomic mass is 10.4. The second kappa shape index (κ2) is 3.56. The van der Waals surface area contributed by atoms with Crippen molar-refractivity contribution in [3.63, 3.8) is 0 Å². The van der Waals surface area contributed by atoms with Gasteiger partial charge in [0.15, 0.2) is 5.84 Å². The Hall–Kier alpha value is -1.38. The van der Waals surface area contributed by atoms with Gasteiger partial charge in [-0.25, -0.2) is 9.98 Å². The first-order valence-corrected chi connectivity index (χ1v) is 4.22. The van der Waals surface area contributed by atoms with E-state index >= 15 is 0 Å². The van der Waals surface area contributed by atoms with Crippen molar-refractivity contribution in [2.45, 2.75) is 20.8 Å². The molecule has 70 valence electrons. The van der Waals surface area contributed by atoms with Crippen LogP contribution in [-0.2, 0) is 0 Å². The average molecular weight is 177 g/mol. The number of aliphatic imine (C=N–C) groups is 2. The van der Waals surface area contributed by atoms with Crippen molar-refractivity contribution in [3.05, 3.63) is 24.0 Å². The molecule has 0 atom stereocenters. The molecule has 0 spiro atoms. The van der Waals surface area contributed by atoms with Gasteiger partial charge in [0.05, 0.1) is 0 Å². The van der Waals surface area contributed by atoms with E-state index in [0.717, 1.165) is 17.4 Å². The molecule has 0 saturated heterocycles. The lowest BCUT2D eigenvalue weighted by molar-refractivity contribution is 0.768. The minimum Gasteiger partial charge on any atom is -0.316 e. The zero-order valence-corrected chi connectivity index (χ0v) is 8.63. The monoisotopic (exact) mass is 177 g/mol. The minimum absolute atomic E-state index is 0.734. The third kappa shape index (κ3) is 2.05. The Morgan fingerprint density at radius 3 is 2.54 bits per heavy atom. The van der Waals surface area contributed by atoms with Crippen LogP contribution in [0.25, 0.3) is 0 Å². The maximum atomic E-state index is 4.30. The van der Waals surface area contributed by atoms with E-state index in [1.807, 2.05) is 38.9 Å². The van der Waals surface area contributed by atoms with Crippen LogP contribution in [0.1, 0.15) is 20.8 Å². The summed E-state index contributed by atoms with van der Waals surface area (Å²) in [5.41, 5.74) is 1.90. The fourth-order valence-electron chi connectivity index (χ4n) is 1.02. The van der Waals surface area contributed by atoms with E-state index in [4.69, 9.17) is 0 Å². The molecule has 1 heterocycles. The number of nitrogens with zero attached hydrogens (tertiary/aromatic N) is 3. The summed E-state index contributed by atoms with van der Waals surface area (Å²) in [6.07, 6.45) is 1.82. The molecule has 3 heteroatoms. The van der Waals surface area contributed by atoms with E-state index in [2.05, 4.69) is 16.6 Å². The second-order valence-electron chi connectivity index (χ2n) is 3.32. The Morgan fingerprint density at radius 2 is 2.15 bits per heavy atom. The molecule has 0 radical (unpaired) electrons. The molecule has 0 aromatic carbocycles. The lowest BCUT2D eigenvalue weighted by Crippen LogP contribution is -2.25. The third-order valence-electron chi connectivity index (χ3n) is 1.80. The van der Waals surface area contributed by atoms with E-state index in [1.54, 1.807) is 0 Å². The summed E-state index contributed by atoms with van der Waals surface area (Å²) in [6, 6.07) is 0. The Bertz CT molecular complexity index is 317. The van der Waals surface area contributed by atoms with Crippen LogP contribution in [0.4, 0.5) is 0 Å². The molecule has 0 saturated carbocycles. The molecule has 0 N–H and O–H groups in total.